The molecule has 8 N–H and O–H groups in total. The van der Waals surface area contributed by atoms with E-state index in [0.29, 0.717) is 65.8 Å². The average molecular weight is 790 g/mol. The highest BCUT2D eigenvalue weighted by atomic mass is 16.5. The number of para-hydroxylation sites is 1. The van der Waals surface area contributed by atoms with Crippen molar-refractivity contribution in [1.82, 2.24) is 44.7 Å². The number of urea groups is 1. The van der Waals surface area contributed by atoms with Gasteiger partial charge in [0.1, 0.15) is 35.9 Å². The standard InChI is InChI=1S/C42H51N11O5/c1-6-57-21-33-49-35-37(52(33)19-28(55)20-54)30-13-12-25(15-32(30)48-40(35)44)27-14-26(17-45-18-27)24(3)16-46-41(56)51-42(4,5)23-53-34(22-58-7-2)50-36-38(53)29-10-8-9-11-31(29)47-39(36)43/h8-15,17-18,24,28,54-55H,6-7,16,19-23H2,1-5H3,(H2,43,47)(H2,44,48)(H2,46,51,56). The lowest BCUT2D eigenvalue weighted by atomic mass is 9.98. The first-order chi connectivity index (χ1) is 27.9. The summed E-state index contributed by atoms with van der Waals surface area (Å²) in [6, 6.07) is 15.4. The van der Waals surface area contributed by atoms with Gasteiger partial charge in [-0.2, -0.15) is 0 Å². The van der Waals surface area contributed by atoms with E-state index >= 15 is 0 Å². The van der Waals surface area contributed by atoms with Crippen LogP contribution in [-0.4, -0.2) is 88.3 Å². The first-order valence-electron chi connectivity index (χ1n) is 19.5. The Morgan fingerprint density at radius 1 is 0.845 bits per heavy atom. The molecule has 16 heteroatoms. The van der Waals surface area contributed by atoms with E-state index in [1.807, 2.05) is 81.7 Å². The van der Waals surface area contributed by atoms with Crippen molar-refractivity contribution in [3.8, 4) is 11.1 Å². The molecular weight excluding hydrogens is 739 g/mol. The van der Waals surface area contributed by atoms with Crippen molar-refractivity contribution >= 4 is 61.5 Å². The molecule has 0 bridgehead atoms. The normalized spacial score (nSPS) is 13.2. The summed E-state index contributed by atoms with van der Waals surface area (Å²) in [7, 11) is 0. The Morgan fingerprint density at radius 3 is 2.17 bits per heavy atom. The van der Waals surface area contributed by atoms with Crippen LogP contribution in [0.3, 0.4) is 0 Å². The van der Waals surface area contributed by atoms with Crippen LogP contribution in [0.15, 0.2) is 60.9 Å². The number of amides is 2. The number of hydrogen-bond acceptors (Lipinski definition) is 12. The van der Waals surface area contributed by atoms with E-state index in [2.05, 4.69) is 36.2 Å². The number of anilines is 2. The molecule has 2 aromatic carbocycles. The van der Waals surface area contributed by atoms with Crippen molar-refractivity contribution in [3.63, 3.8) is 0 Å². The van der Waals surface area contributed by atoms with E-state index in [1.54, 1.807) is 12.4 Å². The maximum absolute atomic E-state index is 13.4. The van der Waals surface area contributed by atoms with Crippen LogP contribution in [0, 0.1) is 0 Å². The van der Waals surface area contributed by atoms with Gasteiger partial charge in [0, 0.05) is 61.0 Å². The molecule has 2 unspecified atom stereocenters. The molecule has 0 aliphatic heterocycles. The summed E-state index contributed by atoms with van der Waals surface area (Å²) < 4.78 is 15.3. The largest absolute Gasteiger partial charge is 0.394 e. The molecule has 0 aliphatic rings. The Morgan fingerprint density at radius 2 is 1.48 bits per heavy atom. The number of ether oxygens (including phenoxy) is 2. The third kappa shape index (κ3) is 8.22. The predicted molar refractivity (Wildman–Crippen MR) is 225 cm³/mol. The number of carbonyl (C=O) groups is 1. The number of pyridine rings is 3. The molecule has 0 saturated heterocycles. The van der Waals surface area contributed by atoms with Crippen LogP contribution in [0.5, 0.6) is 0 Å². The number of aliphatic hydroxyl groups is 2. The number of hydrogen-bond donors (Lipinski definition) is 6. The number of benzene rings is 2. The molecule has 0 saturated carbocycles. The molecular formula is C42H51N11O5. The highest BCUT2D eigenvalue weighted by molar-refractivity contribution is 6.08. The molecule has 2 amide bonds. The van der Waals surface area contributed by atoms with Crippen molar-refractivity contribution in [2.24, 2.45) is 0 Å². The van der Waals surface area contributed by atoms with E-state index < -0.39 is 18.2 Å². The Hall–Kier alpha value is -5.94. The number of aromatic nitrogens is 7. The zero-order chi connectivity index (χ0) is 41.1. The second-order valence-electron chi connectivity index (χ2n) is 15.1. The van der Waals surface area contributed by atoms with Crippen LogP contribution in [0.1, 0.15) is 57.7 Å². The number of carbonyl (C=O) groups excluding carboxylic acids is 1. The number of rotatable bonds is 16. The van der Waals surface area contributed by atoms with Gasteiger partial charge >= 0.3 is 6.03 Å². The summed E-state index contributed by atoms with van der Waals surface area (Å²) in [5.74, 6) is 1.82. The van der Waals surface area contributed by atoms with E-state index in [1.165, 1.54) is 0 Å². The highest BCUT2D eigenvalue weighted by Gasteiger charge is 2.27. The molecule has 16 nitrogen and oxygen atoms in total. The van der Waals surface area contributed by atoms with E-state index in [-0.39, 0.29) is 37.5 Å². The van der Waals surface area contributed by atoms with Crippen LogP contribution in [0.2, 0.25) is 0 Å². The smallest absolute Gasteiger partial charge is 0.315 e. The van der Waals surface area contributed by atoms with Crippen molar-refractivity contribution in [1.29, 1.82) is 0 Å². The first kappa shape index (κ1) is 40.3. The maximum atomic E-state index is 13.4. The lowest BCUT2D eigenvalue weighted by Gasteiger charge is -2.28. The van der Waals surface area contributed by atoms with Gasteiger partial charge < -0.3 is 50.9 Å². The average Bonchev–Trinajstić information content (AvgIpc) is 3.76. The lowest BCUT2D eigenvalue weighted by molar-refractivity contribution is 0.0774. The van der Waals surface area contributed by atoms with Crippen LogP contribution >= 0.6 is 0 Å². The zero-order valence-corrected chi connectivity index (χ0v) is 33.5. The molecule has 7 rings (SSSR count). The van der Waals surface area contributed by atoms with Gasteiger partial charge in [-0.1, -0.05) is 37.3 Å². The van der Waals surface area contributed by atoms with Gasteiger partial charge in [0.2, 0.25) is 0 Å². The summed E-state index contributed by atoms with van der Waals surface area (Å²) in [6.07, 6.45) is 2.60. The van der Waals surface area contributed by atoms with Crippen molar-refractivity contribution in [2.45, 2.75) is 78.5 Å². The van der Waals surface area contributed by atoms with Crippen LogP contribution in [0.25, 0.3) is 55.0 Å². The minimum atomic E-state index is -0.995. The summed E-state index contributed by atoms with van der Waals surface area (Å²) in [4.78, 5) is 36.7. The SMILES string of the molecule is CCOCc1nc2c(N)nc3cc(-c4cncc(C(C)CNC(=O)NC(C)(C)Cn5c(COCC)nc6c(N)nc7ccccc7c65)c4)ccc3c2n1CC(O)CO. The first-order valence-corrected chi connectivity index (χ1v) is 19.5. The fraction of sp³-hybridized carbons (Fsp3) is 0.381. The molecule has 7 aromatic rings. The molecule has 304 valence electrons. The Labute approximate surface area is 335 Å². The quantitative estimate of drug-likeness (QED) is 0.0759. The number of nitrogen functional groups attached to an aromatic ring is 2. The third-order valence-electron chi connectivity index (χ3n) is 10.2. The van der Waals surface area contributed by atoms with Crippen molar-refractivity contribution in [2.75, 3.05) is 37.8 Å². The van der Waals surface area contributed by atoms with E-state index in [0.717, 1.165) is 38.5 Å². The lowest BCUT2D eigenvalue weighted by Crippen LogP contribution is -2.51. The van der Waals surface area contributed by atoms with Gasteiger partial charge in [0.05, 0.1) is 46.9 Å². The van der Waals surface area contributed by atoms with Gasteiger partial charge in [-0.05, 0) is 57.0 Å². The third-order valence-corrected chi connectivity index (χ3v) is 10.2. The Bertz CT molecular complexity index is 2600. The van der Waals surface area contributed by atoms with Crippen LogP contribution in [-0.2, 0) is 35.8 Å². The van der Waals surface area contributed by atoms with E-state index in [4.69, 9.17) is 30.9 Å². The molecule has 2 atom stereocenters. The van der Waals surface area contributed by atoms with Gasteiger partial charge in [-0.25, -0.2) is 24.7 Å². The van der Waals surface area contributed by atoms with Gasteiger partial charge in [-0.15, -0.1) is 0 Å². The zero-order valence-electron chi connectivity index (χ0n) is 33.5. The fourth-order valence-electron chi connectivity index (χ4n) is 7.32. The van der Waals surface area contributed by atoms with Crippen LogP contribution in [0.4, 0.5) is 16.4 Å². The molecule has 0 spiro atoms. The number of aliphatic hydroxyl groups excluding tert-OH is 2. The molecule has 0 radical (unpaired) electrons. The second-order valence-corrected chi connectivity index (χ2v) is 15.1. The molecule has 0 aliphatic carbocycles. The minimum absolute atomic E-state index is 0.0662. The molecule has 58 heavy (non-hydrogen) atoms. The second kappa shape index (κ2) is 16.9. The molecule has 0 fully saturated rings. The molecule has 5 heterocycles. The van der Waals surface area contributed by atoms with Gasteiger partial charge in [-0.3, -0.25) is 4.98 Å². The van der Waals surface area contributed by atoms with Crippen molar-refractivity contribution < 1.29 is 24.5 Å². The number of imidazole rings is 2. The van der Waals surface area contributed by atoms with Crippen LogP contribution < -0.4 is 22.1 Å². The number of nitrogens with zero attached hydrogens (tertiary/aromatic N) is 7. The Kier molecular flexibility index (Phi) is 11.7. The number of nitrogens with two attached hydrogens (primary N) is 2. The highest BCUT2D eigenvalue weighted by Crippen LogP contribution is 2.34. The van der Waals surface area contributed by atoms with E-state index in [9.17, 15) is 15.0 Å². The Balaban J connectivity index is 1.07. The summed E-state index contributed by atoms with van der Waals surface area (Å²) >= 11 is 0. The predicted octanol–water partition coefficient (Wildman–Crippen LogP) is 5.02. The summed E-state index contributed by atoms with van der Waals surface area (Å²) in [5.41, 5.74) is 18.9. The van der Waals surface area contributed by atoms with Gasteiger partial charge in [0.15, 0.2) is 11.6 Å². The number of nitrogens with one attached hydrogen (secondary N) is 2. The fourth-order valence-corrected chi connectivity index (χ4v) is 7.32. The maximum Gasteiger partial charge on any atom is 0.315 e. The van der Waals surface area contributed by atoms with Crippen molar-refractivity contribution in [3.05, 3.63) is 78.1 Å². The minimum Gasteiger partial charge on any atom is -0.394 e. The summed E-state index contributed by atoms with van der Waals surface area (Å²) in [6.45, 7) is 11.8. The summed E-state index contributed by atoms with van der Waals surface area (Å²) in [5, 5.41) is 27.9. The molecule has 5 aromatic heterocycles. The monoisotopic (exact) mass is 789 g/mol. The van der Waals surface area contributed by atoms with Gasteiger partial charge in [0.25, 0.3) is 0 Å². The topological polar surface area (TPSA) is 226 Å². The number of fused-ring (bicyclic) bond motifs is 6.